The van der Waals surface area contributed by atoms with Crippen molar-refractivity contribution in [2.75, 3.05) is 0 Å². The predicted octanol–water partition coefficient (Wildman–Crippen LogP) is 6.55. The first-order chi connectivity index (χ1) is 14.1. The van der Waals surface area contributed by atoms with Gasteiger partial charge in [-0.15, -0.1) is 19.7 Å². The maximum Gasteiger partial charge on any atom is 0.162 e. The maximum atomic E-state index is 4.85. The van der Waals surface area contributed by atoms with Crippen LogP contribution in [0.4, 0.5) is 0 Å². The Morgan fingerprint density at radius 3 is 1.55 bits per heavy atom. The predicted molar refractivity (Wildman–Crippen MR) is 112 cm³/mol. The van der Waals surface area contributed by atoms with Crippen molar-refractivity contribution in [1.82, 2.24) is 0 Å². The average Bonchev–Trinajstić information content (AvgIpc) is 2.74. The van der Waals surface area contributed by atoms with E-state index in [1.165, 1.54) is 18.8 Å². The fraction of sp³-hybridized carbons (Fsp3) is 0.217. The van der Waals surface area contributed by atoms with Gasteiger partial charge >= 0.3 is 0 Å². The lowest BCUT2D eigenvalue weighted by Crippen LogP contribution is -1.96. The Morgan fingerprint density at radius 1 is 0.690 bits per heavy atom. The topological polar surface area (TPSA) is 55.4 Å². The van der Waals surface area contributed by atoms with Gasteiger partial charge in [-0.1, -0.05) is 18.2 Å². The molecule has 0 unspecified atom stereocenters. The maximum absolute atomic E-state index is 4.85. The van der Waals surface area contributed by atoms with Crippen LogP contribution in [0.3, 0.4) is 0 Å². The zero-order valence-electron chi connectivity index (χ0n) is 17.0. The van der Waals surface area contributed by atoms with Crippen molar-refractivity contribution in [3.63, 3.8) is 0 Å². The summed E-state index contributed by atoms with van der Waals surface area (Å²) in [5.41, 5.74) is 2.18. The van der Waals surface area contributed by atoms with Gasteiger partial charge in [0.25, 0.3) is 0 Å². The summed E-state index contributed by atoms with van der Waals surface area (Å²) >= 11 is 0. The standard InChI is InChI=1S/2C8H10O2.C7H8O2/c2*1-3-4-8-7(2)5-6-9-10-8;1-2-4-7-5-3-6-8-9-7/h2*3,5-6H,1,4H2,2H3;2-3,5-6H,1,4H2. The SMILES string of the molecule is C=CCC1=C(C)C=COO1.C=CCC1=C(C)C=COO1.C=CCC1=CC=COO1. The third-order valence-electron chi connectivity index (χ3n) is 3.50. The van der Waals surface area contributed by atoms with Crippen molar-refractivity contribution in [2.45, 2.75) is 33.1 Å². The Hall–Kier alpha value is -3.54. The minimum absolute atomic E-state index is 0.713. The third kappa shape index (κ3) is 9.81. The monoisotopic (exact) mass is 400 g/mol. The largest absolute Gasteiger partial charge is 0.298 e. The molecule has 0 atom stereocenters. The molecule has 6 nitrogen and oxygen atoms in total. The van der Waals surface area contributed by atoms with E-state index in [-0.39, 0.29) is 0 Å². The molecule has 0 aromatic carbocycles. The molecule has 0 aromatic heterocycles. The lowest BCUT2D eigenvalue weighted by molar-refractivity contribution is -0.216. The molecule has 0 amide bonds. The lowest BCUT2D eigenvalue weighted by atomic mass is 10.2. The van der Waals surface area contributed by atoms with E-state index >= 15 is 0 Å². The van der Waals surface area contributed by atoms with Gasteiger partial charge in [-0.2, -0.15) is 0 Å². The fourth-order valence-corrected chi connectivity index (χ4v) is 1.94. The molecule has 0 bridgehead atoms. The van der Waals surface area contributed by atoms with Crippen LogP contribution < -0.4 is 0 Å². The van der Waals surface area contributed by atoms with Gasteiger partial charge in [-0.25, -0.2) is 0 Å². The van der Waals surface area contributed by atoms with Gasteiger partial charge in [0.1, 0.15) is 18.8 Å². The van der Waals surface area contributed by atoms with E-state index in [4.69, 9.17) is 14.7 Å². The van der Waals surface area contributed by atoms with Crippen LogP contribution in [0.1, 0.15) is 33.1 Å². The van der Waals surface area contributed by atoms with E-state index in [1.54, 1.807) is 24.3 Å². The van der Waals surface area contributed by atoms with Crippen LogP contribution in [0.15, 0.2) is 109 Å². The smallest absolute Gasteiger partial charge is 0.162 e. The Balaban J connectivity index is 0.000000218. The van der Waals surface area contributed by atoms with Gasteiger partial charge in [0.05, 0.1) is 0 Å². The van der Waals surface area contributed by atoms with Crippen molar-refractivity contribution in [3.05, 3.63) is 109 Å². The molecule has 29 heavy (non-hydrogen) atoms. The molecule has 0 aliphatic carbocycles. The summed E-state index contributed by atoms with van der Waals surface area (Å²) in [6.07, 6.45) is 19.3. The highest BCUT2D eigenvalue weighted by Gasteiger charge is 2.05. The summed E-state index contributed by atoms with van der Waals surface area (Å²) in [4.78, 5) is 28.2. The van der Waals surface area contributed by atoms with Crippen LogP contribution >= 0.6 is 0 Å². The van der Waals surface area contributed by atoms with E-state index < -0.39 is 0 Å². The van der Waals surface area contributed by atoms with Gasteiger partial charge in [0.2, 0.25) is 0 Å². The molecule has 0 N–H and O–H groups in total. The highest BCUT2D eigenvalue weighted by molar-refractivity contribution is 5.22. The summed E-state index contributed by atoms with van der Waals surface area (Å²) in [5.74, 6) is 2.45. The van der Waals surface area contributed by atoms with E-state index in [2.05, 4.69) is 34.4 Å². The number of hydrogen-bond acceptors (Lipinski definition) is 6. The first kappa shape index (κ1) is 23.5. The van der Waals surface area contributed by atoms with Crippen LogP contribution in [-0.4, -0.2) is 0 Å². The molecule has 0 saturated heterocycles. The van der Waals surface area contributed by atoms with Crippen LogP contribution in [-0.2, 0) is 29.3 Å². The quantitative estimate of drug-likeness (QED) is 0.372. The summed E-state index contributed by atoms with van der Waals surface area (Å²) < 4.78 is 0. The van der Waals surface area contributed by atoms with Crippen molar-refractivity contribution in [3.8, 4) is 0 Å². The van der Waals surface area contributed by atoms with Gasteiger partial charge in [0, 0.05) is 19.3 Å². The number of hydrogen-bond donors (Lipinski definition) is 0. The van der Waals surface area contributed by atoms with Gasteiger partial charge in [0.15, 0.2) is 17.3 Å². The molecule has 0 saturated carbocycles. The molecule has 0 radical (unpaired) electrons. The minimum atomic E-state index is 0.713. The molecule has 3 heterocycles. The fourth-order valence-electron chi connectivity index (χ4n) is 1.94. The summed E-state index contributed by atoms with van der Waals surface area (Å²) in [6.45, 7) is 14.7. The molecule has 3 rings (SSSR count). The average molecular weight is 400 g/mol. The first-order valence-corrected chi connectivity index (χ1v) is 9.03. The highest BCUT2D eigenvalue weighted by Crippen LogP contribution is 2.17. The van der Waals surface area contributed by atoms with Gasteiger partial charge in [-0.3, -0.25) is 29.3 Å². The second-order valence-corrected chi connectivity index (χ2v) is 5.80. The highest BCUT2D eigenvalue weighted by atomic mass is 17.2. The molecule has 3 aliphatic rings. The molecule has 3 aliphatic heterocycles. The molecular weight excluding hydrogens is 372 g/mol. The Bertz CT molecular complexity index is 690. The van der Waals surface area contributed by atoms with Crippen molar-refractivity contribution in [2.24, 2.45) is 0 Å². The Kier molecular flexibility index (Phi) is 11.8. The molecule has 156 valence electrons. The van der Waals surface area contributed by atoms with E-state index in [0.717, 1.165) is 41.3 Å². The zero-order chi connectivity index (χ0) is 21.3. The van der Waals surface area contributed by atoms with Crippen LogP contribution in [0.2, 0.25) is 0 Å². The number of allylic oxidation sites excluding steroid dienone is 9. The summed E-state index contributed by atoms with van der Waals surface area (Å²) in [7, 11) is 0. The van der Waals surface area contributed by atoms with Gasteiger partial charge in [-0.05, 0) is 49.3 Å². The molecule has 0 aromatic rings. The van der Waals surface area contributed by atoms with Crippen LogP contribution in [0.25, 0.3) is 0 Å². The zero-order valence-corrected chi connectivity index (χ0v) is 17.0. The second-order valence-electron chi connectivity index (χ2n) is 5.80. The normalized spacial score (nSPS) is 15.9. The van der Waals surface area contributed by atoms with E-state index in [9.17, 15) is 0 Å². The molecule has 6 heteroatoms. The number of rotatable bonds is 6. The first-order valence-electron chi connectivity index (χ1n) is 9.03. The minimum Gasteiger partial charge on any atom is -0.298 e. The van der Waals surface area contributed by atoms with Crippen molar-refractivity contribution < 1.29 is 29.3 Å². The second kappa shape index (κ2) is 14.5. The van der Waals surface area contributed by atoms with Gasteiger partial charge < -0.3 is 0 Å². The Morgan fingerprint density at radius 2 is 1.17 bits per heavy atom. The van der Waals surface area contributed by atoms with Crippen LogP contribution in [0, 0.1) is 0 Å². The van der Waals surface area contributed by atoms with Crippen molar-refractivity contribution >= 4 is 0 Å². The molecule has 0 spiro atoms. The summed E-state index contributed by atoms with van der Waals surface area (Å²) in [6, 6.07) is 0. The third-order valence-corrected chi connectivity index (χ3v) is 3.50. The lowest BCUT2D eigenvalue weighted by Gasteiger charge is -2.10. The molecule has 0 fully saturated rings. The summed E-state index contributed by atoms with van der Waals surface area (Å²) in [5, 5.41) is 0. The Labute approximate surface area is 172 Å². The van der Waals surface area contributed by atoms with E-state index in [0.29, 0.717) is 6.42 Å². The van der Waals surface area contributed by atoms with Crippen molar-refractivity contribution in [1.29, 1.82) is 0 Å². The van der Waals surface area contributed by atoms with E-state index in [1.807, 2.05) is 32.1 Å². The van der Waals surface area contributed by atoms with Crippen LogP contribution in [0.5, 0.6) is 0 Å². The molecular formula is C23H28O6.